The van der Waals surface area contributed by atoms with Crippen molar-refractivity contribution in [3.8, 4) is 0 Å². The number of carbonyl (C=O) groups excluding carboxylic acids is 2. The Morgan fingerprint density at radius 3 is 2.39 bits per heavy atom. The zero-order valence-electron chi connectivity index (χ0n) is 20.0. The van der Waals surface area contributed by atoms with Crippen LogP contribution in [0.5, 0.6) is 0 Å². The van der Waals surface area contributed by atoms with Crippen molar-refractivity contribution in [2.45, 2.75) is 19.9 Å². The molecule has 1 unspecified atom stereocenters. The number of anilines is 2. The summed E-state index contributed by atoms with van der Waals surface area (Å²) in [5, 5.41) is 14.9. The first kappa shape index (κ1) is 24.8. The van der Waals surface area contributed by atoms with Crippen molar-refractivity contribution < 1.29 is 18.9 Å². The number of nitrogens with one attached hydrogen (secondary N) is 1. The molecule has 1 amide bonds. The van der Waals surface area contributed by atoms with Gasteiger partial charge >= 0.3 is 0 Å². The highest BCUT2D eigenvalue weighted by atomic mass is 19.1. The Morgan fingerprint density at radius 2 is 1.78 bits per heavy atom. The van der Waals surface area contributed by atoms with Crippen LogP contribution in [-0.4, -0.2) is 52.7 Å². The summed E-state index contributed by atoms with van der Waals surface area (Å²) < 4.78 is 14.5. The number of Topliss-reactive ketones (excluding diaryl/α,β-unsaturated/α-hetero) is 1. The van der Waals surface area contributed by atoms with Crippen LogP contribution in [0, 0.1) is 15.9 Å². The van der Waals surface area contributed by atoms with Gasteiger partial charge in [-0.3, -0.25) is 24.7 Å². The minimum Gasteiger partial charge on any atom is -0.371 e. The highest BCUT2D eigenvalue weighted by Crippen LogP contribution is 2.30. The van der Waals surface area contributed by atoms with Crippen molar-refractivity contribution in [2.75, 3.05) is 36.4 Å². The van der Waals surface area contributed by atoms with Gasteiger partial charge in [0.2, 0.25) is 0 Å². The zero-order chi connectivity index (χ0) is 25.8. The second-order valence-electron chi connectivity index (χ2n) is 8.61. The second kappa shape index (κ2) is 10.5. The summed E-state index contributed by atoms with van der Waals surface area (Å²) in [6.07, 6.45) is 1.65. The van der Waals surface area contributed by atoms with Crippen molar-refractivity contribution in [1.29, 1.82) is 0 Å². The van der Waals surface area contributed by atoms with Crippen molar-refractivity contribution in [1.82, 2.24) is 9.88 Å². The summed E-state index contributed by atoms with van der Waals surface area (Å²) >= 11 is 0. The number of piperazine rings is 1. The van der Waals surface area contributed by atoms with Gasteiger partial charge in [0.15, 0.2) is 5.78 Å². The molecule has 0 bridgehead atoms. The Kier molecular flexibility index (Phi) is 7.23. The van der Waals surface area contributed by atoms with Crippen molar-refractivity contribution >= 4 is 28.8 Å². The van der Waals surface area contributed by atoms with E-state index >= 15 is 0 Å². The first-order valence-electron chi connectivity index (χ1n) is 11.5. The molecular weight excluding hydrogens is 465 g/mol. The summed E-state index contributed by atoms with van der Waals surface area (Å²) in [5.41, 5.74) is 1.72. The summed E-state index contributed by atoms with van der Waals surface area (Å²) in [5.74, 6) is -1.02. The third-order valence-corrected chi connectivity index (χ3v) is 6.21. The molecule has 1 aliphatic heterocycles. The third-order valence-electron chi connectivity index (χ3n) is 6.21. The van der Waals surface area contributed by atoms with Gasteiger partial charge in [0.25, 0.3) is 11.6 Å². The van der Waals surface area contributed by atoms with Crippen LogP contribution >= 0.6 is 0 Å². The van der Waals surface area contributed by atoms with Gasteiger partial charge in [-0.1, -0.05) is 6.07 Å². The SMILES string of the molecule is CC(=O)c1ccc(N2CCN(C(=O)c3ccc(NC(C)c4ccccn4)c([N+](=O)[O-])c3)CC2)c(F)c1. The molecule has 4 rings (SSSR count). The van der Waals surface area contributed by atoms with Crippen LogP contribution in [0.3, 0.4) is 0 Å². The number of benzene rings is 2. The standard InChI is InChI=1S/C26H26FN5O4/c1-17(22-5-3-4-10-28-22)29-23-8-6-20(16-25(23)32(35)36)26(34)31-13-11-30(12-14-31)24-9-7-19(18(2)33)15-21(24)27/h3-10,15-17,29H,11-14H2,1-2H3. The third kappa shape index (κ3) is 5.32. The monoisotopic (exact) mass is 491 g/mol. The molecule has 3 aromatic rings. The lowest BCUT2D eigenvalue weighted by atomic mass is 10.1. The molecule has 0 saturated carbocycles. The van der Waals surface area contributed by atoms with Gasteiger partial charge in [-0.2, -0.15) is 0 Å². The van der Waals surface area contributed by atoms with E-state index in [4.69, 9.17) is 0 Å². The van der Waals surface area contributed by atoms with Crippen LogP contribution in [-0.2, 0) is 0 Å². The molecule has 1 atom stereocenters. The van der Waals surface area contributed by atoms with Gasteiger partial charge in [-0.15, -0.1) is 0 Å². The summed E-state index contributed by atoms with van der Waals surface area (Å²) in [4.78, 5) is 43.5. The molecule has 10 heteroatoms. The summed E-state index contributed by atoms with van der Waals surface area (Å²) in [6.45, 7) is 4.68. The van der Waals surface area contributed by atoms with Crippen LogP contribution in [0.15, 0.2) is 60.8 Å². The molecule has 1 aliphatic rings. The number of ketones is 1. The number of amides is 1. The molecule has 1 fully saturated rings. The maximum Gasteiger partial charge on any atom is 0.293 e. The molecule has 2 aromatic carbocycles. The Balaban J connectivity index is 1.45. The molecule has 1 saturated heterocycles. The number of nitrogens with zero attached hydrogens (tertiary/aromatic N) is 4. The lowest BCUT2D eigenvalue weighted by Gasteiger charge is -2.36. The number of hydrogen-bond acceptors (Lipinski definition) is 7. The lowest BCUT2D eigenvalue weighted by Crippen LogP contribution is -2.49. The fraction of sp³-hybridized carbons (Fsp3) is 0.269. The van der Waals surface area contributed by atoms with Crippen LogP contribution in [0.2, 0.25) is 0 Å². The van der Waals surface area contributed by atoms with Gasteiger partial charge in [-0.05, 0) is 56.3 Å². The average Bonchev–Trinajstić information content (AvgIpc) is 2.89. The number of halogens is 1. The Hall–Kier alpha value is -4.34. The van der Waals surface area contributed by atoms with Crippen molar-refractivity contribution in [2.24, 2.45) is 0 Å². The van der Waals surface area contributed by atoms with E-state index < -0.39 is 10.7 Å². The quantitative estimate of drug-likeness (QED) is 0.295. The van der Waals surface area contributed by atoms with E-state index in [1.54, 1.807) is 35.4 Å². The minimum absolute atomic E-state index is 0.199. The predicted octanol–water partition coefficient (Wildman–Crippen LogP) is 4.47. The van der Waals surface area contributed by atoms with Gasteiger partial charge in [-0.25, -0.2) is 4.39 Å². The first-order valence-corrected chi connectivity index (χ1v) is 11.5. The second-order valence-corrected chi connectivity index (χ2v) is 8.61. The van der Waals surface area contributed by atoms with Crippen molar-refractivity contribution in [3.05, 3.63) is 93.5 Å². The smallest absolute Gasteiger partial charge is 0.293 e. The van der Waals surface area contributed by atoms with E-state index in [0.29, 0.717) is 43.1 Å². The van der Waals surface area contributed by atoms with Gasteiger partial charge in [0.05, 0.1) is 22.3 Å². The van der Waals surface area contributed by atoms with E-state index in [1.165, 1.54) is 25.1 Å². The van der Waals surface area contributed by atoms with Crippen LogP contribution in [0.4, 0.5) is 21.5 Å². The predicted molar refractivity (Wildman–Crippen MR) is 134 cm³/mol. The zero-order valence-corrected chi connectivity index (χ0v) is 20.0. The number of aromatic nitrogens is 1. The first-order chi connectivity index (χ1) is 17.2. The molecule has 0 radical (unpaired) electrons. The highest BCUT2D eigenvalue weighted by molar-refractivity contribution is 5.96. The highest BCUT2D eigenvalue weighted by Gasteiger charge is 2.26. The molecule has 9 nitrogen and oxygen atoms in total. The van der Waals surface area contributed by atoms with Gasteiger partial charge < -0.3 is 15.1 Å². The van der Waals surface area contributed by atoms with E-state index in [2.05, 4.69) is 10.3 Å². The number of pyridine rings is 1. The normalized spacial score (nSPS) is 14.3. The van der Waals surface area contributed by atoms with Crippen LogP contribution in [0.25, 0.3) is 0 Å². The fourth-order valence-electron chi connectivity index (χ4n) is 4.19. The van der Waals surface area contributed by atoms with E-state index in [9.17, 15) is 24.1 Å². The topological polar surface area (TPSA) is 109 Å². The van der Waals surface area contributed by atoms with Gasteiger partial charge in [0.1, 0.15) is 11.5 Å². The fourth-order valence-corrected chi connectivity index (χ4v) is 4.19. The average molecular weight is 492 g/mol. The number of hydrogen-bond donors (Lipinski definition) is 1. The maximum absolute atomic E-state index is 14.5. The molecule has 1 N–H and O–H groups in total. The number of rotatable bonds is 7. The number of nitro groups is 1. The Morgan fingerprint density at radius 1 is 1.06 bits per heavy atom. The summed E-state index contributed by atoms with van der Waals surface area (Å²) in [7, 11) is 0. The minimum atomic E-state index is -0.518. The van der Waals surface area contributed by atoms with Crippen LogP contribution < -0.4 is 10.2 Å². The molecule has 2 heterocycles. The molecule has 0 spiro atoms. The largest absolute Gasteiger partial charge is 0.371 e. The van der Waals surface area contributed by atoms with E-state index in [1.807, 2.05) is 24.0 Å². The molecule has 186 valence electrons. The van der Waals surface area contributed by atoms with E-state index in [-0.39, 0.29) is 29.0 Å². The Labute approximate surface area is 207 Å². The van der Waals surface area contributed by atoms with E-state index in [0.717, 1.165) is 5.69 Å². The van der Waals surface area contributed by atoms with Crippen molar-refractivity contribution in [3.63, 3.8) is 0 Å². The van der Waals surface area contributed by atoms with Crippen LogP contribution in [0.1, 0.15) is 46.3 Å². The molecule has 36 heavy (non-hydrogen) atoms. The van der Waals surface area contributed by atoms with Gasteiger partial charge in [0, 0.05) is 49.6 Å². The Bertz CT molecular complexity index is 1290. The molecular formula is C26H26FN5O4. The maximum atomic E-state index is 14.5. The number of nitro benzene ring substituents is 1. The number of carbonyl (C=O) groups is 2. The molecule has 1 aromatic heterocycles. The lowest BCUT2D eigenvalue weighted by molar-refractivity contribution is -0.384. The summed E-state index contributed by atoms with van der Waals surface area (Å²) in [6, 6.07) is 13.9. The molecule has 0 aliphatic carbocycles.